The second-order valence-corrected chi connectivity index (χ2v) is 7.82. The van der Waals surface area contributed by atoms with Gasteiger partial charge in [-0.15, -0.1) is 0 Å². The predicted molar refractivity (Wildman–Crippen MR) is 126 cm³/mol. The molecule has 0 radical (unpaired) electrons. The van der Waals surface area contributed by atoms with E-state index in [1.807, 2.05) is 24.9 Å². The third-order valence-corrected chi connectivity index (χ3v) is 5.66. The van der Waals surface area contributed by atoms with E-state index >= 15 is 0 Å². The molecule has 32 heavy (non-hydrogen) atoms. The van der Waals surface area contributed by atoms with Crippen molar-refractivity contribution in [3.8, 4) is 11.5 Å². The van der Waals surface area contributed by atoms with Gasteiger partial charge in [-0.2, -0.15) is 8.39 Å². The number of carbonyl (C=O) groups excluding carboxylic acids is 1. The number of rotatable bonds is 10. The van der Waals surface area contributed by atoms with Gasteiger partial charge in [0.2, 0.25) is 6.41 Å². The third-order valence-electron chi connectivity index (χ3n) is 4.86. The molecule has 172 valence electrons. The van der Waals surface area contributed by atoms with Gasteiger partial charge in [-0.3, -0.25) is 9.79 Å². The summed E-state index contributed by atoms with van der Waals surface area (Å²) in [6.45, 7) is 2.71. The molecule has 0 N–H and O–H groups in total. The van der Waals surface area contributed by atoms with Crippen molar-refractivity contribution in [1.82, 2.24) is 9.80 Å². The summed E-state index contributed by atoms with van der Waals surface area (Å²) >= 11 is 0. The van der Waals surface area contributed by atoms with E-state index in [1.54, 1.807) is 50.5 Å². The van der Waals surface area contributed by atoms with Crippen LogP contribution >= 0.6 is 8.54 Å². The van der Waals surface area contributed by atoms with Crippen LogP contribution in [0.5, 0.6) is 11.5 Å². The SMILES string of the molecule is CCN(C)C(=NC)/C(=C/c1ccc(OCc2ccccc2P(F)F)c(OC)c1)N(C)C=O. The maximum absolute atomic E-state index is 13.3. The number of likely N-dealkylation sites (N-methyl/N-ethyl adjacent to an activating group) is 2. The molecule has 0 aliphatic heterocycles. The Kier molecular flexibility index (Phi) is 9.60. The van der Waals surface area contributed by atoms with Gasteiger partial charge in [0.1, 0.15) is 12.4 Å². The monoisotopic (exact) mass is 463 g/mol. The average molecular weight is 463 g/mol. The lowest BCUT2D eigenvalue weighted by Gasteiger charge is -2.25. The number of hydrogen-bond donors (Lipinski definition) is 0. The van der Waals surface area contributed by atoms with Crippen molar-refractivity contribution in [3.05, 3.63) is 59.3 Å². The summed E-state index contributed by atoms with van der Waals surface area (Å²) in [5, 5.41) is 0.00832. The Balaban J connectivity index is 2.35. The van der Waals surface area contributed by atoms with E-state index in [1.165, 1.54) is 18.1 Å². The van der Waals surface area contributed by atoms with Crippen LogP contribution in [0.1, 0.15) is 18.1 Å². The van der Waals surface area contributed by atoms with Crippen molar-refractivity contribution >= 4 is 32.2 Å². The van der Waals surface area contributed by atoms with Crippen LogP contribution < -0.4 is 14.8 Å². The number of methoxy groups -OCH3 is 1. The van der Waals surface area contributed by atoms with Crippen molar-refractivity contribution in [2.24, 2.45) is 4.99 Å². The zero-order chi connectivity index (χ0) is 23.7. The molecule has 0 saturated carbocycles. The molecule has 6 nitrogen and oxygen atoms in total. The first kappa shape index (κ1) is 25.3. The molecular weight excluding hydrogens is 435 g/mol. The molecule has 0 spiro atoms. The van der Waals surface area contributed by atoms with E-state index in [0.717, 1.165) is 12.0 Å². The number of aliphatic imine (C=N–C) groups is 1. The van der Waals surface area contributed by atoms with Gasteiger partial charge in [-0.05, 0) is 36.8 Å². The van der Waals surface area contributed by atoms with Crippen LogP contribution in [0.4, 0.5) is 8.39 Å². The topological polar surface area (TPSA) is 54.4 Å². The van der Waals surface area contributed by atoms with Crippen LogP contribution in [0.2, 0.25) is 0 Å². The molecular formula is C23H28F2N3O3P. The first-order chi connectivity index (χ1) is 15.4. The van der Waals surface area contributed by atoms with Gasteiger partial charge in [-0.1, -0.05) is 24.3 Å². The summed E-state index contributed by atoms with van der Waals surface area (Å²) in [7, 11) is 3.52. The van der Waals surface area contributed by atoms with Crippen LogP contribution in [0, 0.1) is 0 Å². The quantitative estimate of drug-likeness (QED) is 0.224. The van der Waals surface area contributed by atoms with Gasteiger partial charge in [0, 0.05) is 38.6 Å². The first-order valence-electron chi connectivity index (χ1n) is 9.94. The highest BCUT2D eigenvalue weighted by molar-refractivity contribution is 7.55. The Labute approximate surface area is 189 Å². The highest BCUT2D eigenvalue weighted by atomic mass is 31.2. The van der Waals surface area contributed by atoms with Crippen LogP contribution in [0.25, 0.3) is 6.08 Å². The molecule has 0 fully saturated rings. The standard InChI is InChI=1S/C23H28F2N3O3P/c1-6-27(3)23(26-2)19(28(4)16-29)13-17-11-12-20(21(14-17)30-5)31-15-18-9-7-8-10-22(18)32(24)25/h7-14,16H,6,15H2,1-5H3/b19-13-,26-23?. The molecule has 1 amide bonds. The minimum Gasteiger partial charge on any atom is -0.493 e. The van der Waals surface area contributed by atoms with Crippen molar-refractivity contribution in [2.45, 2.75) is 13.5 Å². The Morgan fingerprint density at radius 2 is 1.88 bits per heavy atom. The Morgan fingerprint density at radius 3 is 2.47 bits per heavy atom. The summed E-state index contributed by atoms with van der Waals surface area (Å²) < 4.78 is 37.8. The first-order valence-corrected chi connectivity index (χ1v) is 11.1. The fourth-order valence-electron chi connectivity index (χ4n) is 3.02. The summed E-state index contributed by atoms with van der Waals surface area (Å²) in [6, 6.07) is 11.6. The number of amidine groups is 1. The number of halogens is 2. The van der Waals surface area contributed by atoms with Crippen molar-refractivity contribution < 1.29 is 22.7 Å². The molecule has 0 unspecified atom stereocenters. The van der Waals surface area contributed by atoms with Gasteiger partial charge in [-0.25, -0.2) is 0 Å². The number of hydrogen-bond acceptors (Lipinski definition) is 4. The normalized spacial score (nSPS) is 12.0. The zero-order valence-corrected chi connectivity index (χ0v) is 19.8. The molecule has 2 aromatic carbocycles. The van der Waals surface area contributed by atoms with Crippen LogP contribution in [0.3, 0.4) is 0 Å². The lowest BCUT2D eigenvalue weighted by molar-refractivity contribution is -0.115. The van der Waals surface area contributed by atoms with Crippen LogP contribution in [0.15, 0.2) is 53.2 Å². The molecule has 2 rings (SSSR count). The maximum Gasteiger partial charge on any atom is 0.298 e. The second-order valence-electron chi connectivity index (χ2n) is 6.87. The van der Waals surface area contributed by atoms with Crippen LogP contribution in [-0.4, -0.2) is 56.8 Å². The number of benzene rings is 2. The molecule has 9 heteroatoms. The molecule has 0 bridgehead atoms. The van der Waals surface area contributed by atoms with Crippen LogP contribution in [-0.2, 0) is 11.4 Å². The molecule has 2 aromatic rings. The highest BCUT2D eigenvalue weighted by Gasteiger charge is 2.17. The fraction of sp³-hybridized carbons (Fsp3) is 0.304. The average Bonchev–Trinajstić information content (AvgIpc) is 2.82. The number of ether oxygens (including phenoxy) is 2. The highest BCUT2D eigenvalue weighted by Crippen LogP contribution is 2.38. The fourth-order valence-corrected chi connectivity index (χ4v) is 3.57. The lowest BCUT2D eigenvalue weighted by Crippen LogP contribution is -2.34. The molecule has 0 atom stereocenters. The molecule has 0 heterocycles. The van der Waals surface area contributed by atoms with E-state index in [-0.39, 0.29) is 11.9 Å². The number of carbonyl (C=O) groups is 1. The number of amides is 1. The zero-order valence-electron chi connectivity index (χ0n) is 18.9. The Morgan fingerprint density at radius 1 is 1.16 bits per heavy atom. The summed E-state index contributed by atoms with van der Waals surface area (Å²) in [5.74, 6) is 1.54. The van der Waals surface area contributed by atoms with Crippen molar-refractivity contribution in [3.63, 3.8) is 0 Å². The second kappa shape index (κ2) is 12.2. The third kappa shape index (κ3) is 6.26. The minimum absolute atomic E-state index is 0.00145. The Hall–Kier alpha value is -2.99. The van der Waals surface area contributed by atoms with Gasteiger partial charge in [0.05, 0.1) is 12.8 Å². The molecule has 0 aromatic heterocycles. The predicted octanol–water partition coefficient (Wildman–Crippen LogP) is 4.56. The minimum atomic E-state index is -3.21. The maximum atomic E-state index is 13.3. The van der Waals surface area contributed by atoms with E-state index in [2.05, 4.69) is 4.99 Å². The van der Waals surface area contributed by atoms with E-state index in [9.17, 15) is 13.2 Å². The van der Waals surface area contributed by atoms with Crippen molar-refractivity contribution in [2.75, 3.05) is 34.8 Å². The van der Waals surface area contributed by atoms with E-state index in [4.69, 9.17) is 9.47 Å². The summed E-state index contributed by atoms with van der Waals surface area (Å²) in [5.41, 5.74) is 1.83. The number of nitrogens with zero attached hydrogens (tertiary/aromatic N) is 3. The van der Waals surface area contributed by atoms with E-state index in [0.29, 0.717) is 35.1 Å². The van der Waals surface area contributed by atoms with Gasteiger partial charge >= 0.3 is 0 Å². The smallest absolute Gasteiger partial charge is 0.298 e. The molecule has 0 saturated heterocycles. The molecule has 0 aliphatic rings. The largest absolute Gasteiger partial charge is 0.493 e. The van der Waals surface area contributed by atoms with E-state index < -0.39 is 8.54 Å². The van der Waals surface area contributed by atoms with Gasteiger partial charge < -0.3 is 19.3 Å². The molecule has 0 aliphatic carbocycles. The lowest BCUT2D eigenvalue weighted by atomic mass is 10.1. The van der Waals surface area contributed by atoms with Crippen molar-refractivity contribution in [1.29, 1.82) is 0 Å². The van der Waals surface area contributed by atoms with Gasteiger partial charge in [0.25, 0.3) is 8.54 Å². The Bertz CT molecular complexity index is 983. The van der Waals surface area contributed by atoms with Gasteiger partial charge in [0.15, 0.2) is 11.5 Å². The summed E-state index contributed by atoms with van der Waals surface area (Å²) in [4.78, 5) is 19.2. The summed E-state index contributed by atoms with van der Waals surface area (Å²) in [6.07, 6.45) is 2.54.